The zero-order valence-corrected chi connectivity index (χ0v) is 21.4. The number of fused-ring (bicyclic) bond motifs is 3. The average molecular weight is 539 g/mol. The molecule has 10 heteroatoms. The minimum absolute atomic E-state index is 0.0181. The van der Waals surface area contributed by atoms with E-state index in [2.05, 4.69) is 44.9 Å². The van der Waals surface area contributed by atoms with Crippen LogP contribution in [0.3, 0.4) is 0 Å². The van der Waals surface area contributed by atoms with Crippen molar-refractivity contribution in [2.24, 2.45) is 0 Å². The molecule has 2 heterocycles. The van der Waals surface area contributed by atoms with Crippen molar-refractivity contribution < 1.29 is 29.0 Å². The summed E-state index contributed by atoms with van der Waals surface area (Å²) in [5.41, 5.74) is 6.20. The van der Waals surface area contributed by atoms with Crippen LogP contribution >= 0.6 is 0 Å². The quantitative estimate of drug-likeness (QED) is 0.254. The second-order valence-corrected chi connectivity index (χ2v) is 9.02. The molecule has 1 aliphatic carbocycles. The van der Waals surface area contributed by atoms with Crippen LogP contribution in [-0.4, -0.2) is 59.4 Å². The molecule has 0 aliphatic heterocycles. The summed E-state index contributed by atoms with van der Waals surface area (Å²) in [5.74, 6) is -1.45. The predicted molar refractivity (Wildman–Crippen MR) is 147 cm³/mol. The number of ether oxygens (including phenoxy) is 2. The topological polar surface area (TPSA) is 140 Å². The van der Waals surface area contributed by atoms with Gasteiger partial charge in [-0.1, -0.05) is 48.5 Å². The van der Waals surface area contributed by atoms with Crippen LogP contribution < -0.4 is 10.6 Å². The number of benzene rings is 2. The number of aromatic carboxylic acids is 1. The number of carboxylic acids is 1. The van der Waals surface area contributed by atoms with Crippen LogP contribution in [0.2, 0.25) is 0 Å². The summed E-state index contributed by atoms with van der Waals surface area (Å²) in [6.07, 6.45) is 2.18. The van der Waals surface area contributed by atoms with E-state index in [0.29, 0.717) is 17.1 Å². The number of nitrogens with zero attached hydrogens (tertiary/aromatic N) is 2. The zero-order chi connectivity index (χ0) is 27.9. The van der Waals surface area contributed by atoms with Gasteiger partial charge in [0.05, 0.1) is 35.4 Å². The number of carboxylic acid groups (broad SMARTS) is 1. The molecule has 0 spiro atoms. The molecular weight excluding hydrogens is 512 g/mol. The lowest BCUT2D eigenvalue weighted by Gasteiger charge is -2.14. The molecule has 5 rings (SSSR count). The number of hydrogen-bond donors (Lipinski definition) is 3. The highest BCUT2D eigenvalue weighted by molar-refractivity contribution is 5.91. The monoisotopic (exact) mass is 538 g/mol. The molecule has 0 saturated carbocycles. The van der Waals surface area contributed by atoms with Gasteiger partial charge in [0, 0.05) is 18.7 Å². The third kappa shape index (κ3) is 6.13. The predicted octanol–water partition coefficient (Wildman–Crippen LogP) is 4.34. The van der Waals surface area contributed by atoms with E-state index in [9.17, 15) is 14.4 Å². The molecule has 0 radical (unpaired) electrons. The molecule has 0 unspecified atom stereocenters. The maximum absolute atomic E-state index is 12.2. The first kappa shape index (κ1) is 26.5. The van der Waals surface area contributed by atoms with Crippen molar-refractivity contribution >= 4 is 23.7 Å². The van der Waals surface area contributed by atoms with E-state index in [1.807, 2.05) is 24.3 Å². The molecular formula is C30H26N4O6. The molecule has 0 bridgehead atoms. The Morgan fingerprint density at radius 2 is 1.48 bits per heavy atom. The lowest BCUT2D eigenvalue weighted by atomic mass is 9.98. The number of anilines is 1. The molecule has 0 fully saturated rings. The number of pyridine rings is 2. The highest BCUT2D eigenvalue weighted by Gasteiger charge is 2.28. The molecule has 3 N–H and O–H groups in total. The van der Waals surface area contributed by atoms with Crippen LogP contribution in [0.25, 0.3) is 22.5 Å². The van der Waals surface area contributed by atoms with Crippen molar-refractivity contribution in [3.63, 3.8) is 0 Å². The smallest absolute Gasteiger partial charge is 0.407 e. The summed E-state index contributed by atoms with van der Waals surface area (Å²) < 4.78 is 10.8. The average Bonchev–Trinajstić information content (AvgIpc) is 3.30. The van der Waals surface area contributed by atoms with Crippen molar-refractivity contribution in [3.8, 4) is 22.5 Å². The van der Waals surface area contributed by atoms with Crippen LogP contribution in [0.5, 0.6) is 0 Å². The fraction of sp³-hybridized carbons (Fsp3) is 0.167. The Bertz CT molecular complexity index is 1480. The second kappa shape index (κ2) is 12.2. The van der Waals surface area contributed by atoms with Gasteiger partial charge in [0.15, 0.2) is 0 Å². The van der Waals surface area contributed by atoms with Crippen molar-refractivity contribution in [1.82, 2.24) is 15.3 Å². The maximum atomic E-state index is 12.2. The Hall–Kier alpha value is -5.09. The highest BCUT2D eigenvalue weighted by Crippen LogP contribution is 2.44. The number of rotatable bonds is 10. The van der Waals surface area contributed by atoms with E-state index in [4.69, 9.17) is 14.6 Å². The first-order chi connectivity index (χ1) is 19.5. The summed E-state index contributed by atoms with van der Waals surface area (Å²) in [5, 5.41) is 14.3. The van der Waals surface area contributed by atoms with Crippen LogP contribution in [0.15, 0.2) is 85.2 Å². The normalized spacial score (nSPS) is 11.8. The Kier molecular flexibility index (Phi) is 8.07. The lowest BCUT2D eigenvalue weighted by Crippen LogP contribution is -2.30. The van der Waals surface area contributed by atoms with Gasteiger partial charge in [-0.25, -0.2) is 9.59 Å². The van der Waals surface area contributed by atoms with E-state index in [1.54, 1.807) is 18.2 Å². The van der Waals surface area contributed by atoms with Crippen molar-refractivity contribution in [3.05, 3.63) is 102 Å². The third-order valence-corrected chi connectivity index (χ3v) is 6.41. The fourth-order valence-electron chi connectivity index (χ4n) is 4.53. The van der Waals surface area contributed by atoms with Gasteiger partial charge < -0.3 is 25.2 Å². The number of hydrogen-bond acceptors (Lipinski definition) is 7. The number of nitrogens with one attached hydrogen (secondary N) is 2. The number of aromatic nitrogens is 2. The van der Waals surface area contributed by atoms with Crippen LogP contribution in [0.4, 0.5) is 10.5 Å². The summed E-state index contributed by atoms with van der Waals surface area (Å²) in [6, 6.07) is 22.6. The van der Waals surface area contributed by atoms with E-state index in [0.717, 1.165) is 22.3 Å². The molecule has 4 aromatic rings. The Labute approximate surface area is 230 Å². The van der Waals surface area contributed by atoms with E-state index in [1.165, 1.54) is 18.5 Å². The Balaban J connectivity index is 1.00. The van der Waals surface area contributed by atoms with Gasteiger partial charge in [-0.2, -0.15) is 0 Å². The third-order valence-electron chi connectivity index (χ3n) is 6.41. The summed E-state index contributed by atoms with van der Waals surface area (Å²) in [6.45, 7) is 0.340. The molecule has 2 aromatic carbocycles. The lowest BCUT2D eigenvalue weighted by molar-refractivity contribution is -0.120. The largest absolute Gasteiger partial charge is 0.478 e. The molecule has 2 amide bonds. The number of amides is 2. The molecule has 40 heavy (non-hydrogen) atoms. The van der Waals surface area contributed by atoms with Crippen LogP contribution in [0, 0.1) is 0 Å². The second-order valence-electron chi connectivity index (χ2n) is 9.02. The van der Waals surface area contributed by atoms with Crippen molar-refractivity contribution in [2.45, 2.75) is 5.92 Å². The van der Waals surface area contributed by atoms with Crippen molar-refractivity contribution in [2.75, 3.05) is 31.7 Å². The standard InChI is InChI=1S/C30H26N4O6/c35-28(34-20-10-12-27(33-16-20)26-11-9-19(15-32-26)29(36)37)18-39-14-13-31-30(38)40-17-25-23-7-3-1-5-21(23)22-6-2-4-8-24(22)25/h1-12,15-16,25H,13-14,17-18H2,(H,31,38)(H,34,35)(H,36,37). The minimum Gasteiger partial charge on any atom is -0.478 e. The Morgan fingerprint density at radius 1 is 0.825 bits per heavy atom. The van der Waals surface area contributed by atoms with E-state index < -0.39 is 12.1 Å². The van der Waals surface area contributed by atoms with Crippen LogP contribution in [0.1, 0.15) is 27.4 Å². The van der Waals surface area contributed by atoms with E-state index >= 15 is 0 Å². The van der Waals surface area contributed by atoms with Gasteiger partial charge >= 0.3 is 12.1 Å². The van der Waals surface area contributed by atoms with Crippen LogP contribution in [-0.2, 0) is 14.3 Å². The molecule has 0 atom stereocenters. The molecule has 1 aliphatic rings. The minimum atomic E-state index is -1.06. The first-order valence-electron chi connectivity index (χ1n) is 12.6. The fourth-order valence-corrected chi connectivity index (χ4v) is 4.53. The first-order valence-corrected chi connectivity index (χ1v) is 12.6. The molecule has 10 nitrogen and oxygen atoms in total. The SMILES string of the molecule is O=C(COCCNC(=O)OCC1c2ccccc2-c2ccccc21)Nc1ccc(-c2ccc(C(=O)O)cn2)nc1. The van der Waals surface area contributed by atoms with Gasteiger partial charge in [-0.3, -0.25) is 14.8 Å². The summed E-state index contributed by atoms with van der Waals surface area (Å²) in [7, 11) is 0. The number of alkyl carbamates (subject to hydrolysis) is 1. The maximum Gasteiger partial charge on any atom is 0.407 e. The Morgan fingerprint density at radius 3 is 2.08 bits per heavy atom. The van der Waals surface area contributed by atoms with Crippen molar-refractivity contribution in [1.29, 1.82) is 0 Å². The molecule has 202 valence electrons. The summed E-state index contributed by atoms with van der Waals surface area (Å²) >= 11 is 0. The number of carbonyl (C=O) groups excluding carboxylic acids is 2. The van der Waals surface area contributed by atoms with Gasteiger partial charge in [0.2, 0.25) is 5.91 Å². The number of carbonyl (C=O) groups is 3. The zero-order valence-electron chi connectivity index (χ0n) is 21.4. The van der Waals surface area contributed by atoms with Gasteiger partial charge in [-0.05, 0) is 46.5 Å². The van der Waals surface area contributed by atoms with Gasteiger partial charge in [-0.15, -0.1) is 0 Å². The van der Waals surface area contributed by atoms with E-state index in [-0.39, 0.29) is 43.8 Å². The highest BCUT2D eigenvalue weighted by atomic mass is 16.5. The molecule has 0 saturated heterocycles. The molecule has 2 aromatic heterocycles. The van der Waals surface area contributed by atoms with Gasteiger partial charge in [0.1, 0.15) is 13.2 Å². The summed E-state index contributed by atoms with van der Waals surface area (Å²) in [4.78, 5) is 43.7. The van der Waals surface area contributed by atoms with Gasteiger partial charge in [0.25, 0.3) is 0 Å².